The van der Waals surface area contributed by atoms with Gasteiger partial charge in [-0.1, -0.05) is 6.07 Å². The monoisotopic (exact) mass is 351 g/mol. The maximum Gasteiger partial charge on any atom is 0.162 e. The number of phenolic OH excluding ortho intramolecular Hbond substituents is 1. The zero-order chi connectivity index (χ0) is 18.4. The zero-order valence-electron chi connectivity index (χ0n) is 14.8. The fourth-order valence-corrected chi connectivity index (χ4v) is 3.46. The number of nitrogens with two attached hydrogens (primary N) is 1. The number of aliphatic hydroxyl groups excluding tert-OH is 1. The van der Waals surface area contributed by atoms with Crippen LogP contribution >= 0.6 is 0 Å². The molecule has 26 heavy (non-hydrogen) atoms. The molecule has 1 aromatic carbocycles. The number of β-amino-alcohol motifs (C(OH)–C–C–N with tert-alkyl or cyclic N) is 1. The summed E-state index contributed by atoms with van der Waals surface area (Å²) in [5.41, 5.74) is 9.34. The molecule has 1 fully saturated rings. The number of nitrogens with zero attached hydrogens (tertiary/aromatic N) is 4. The van der Waals surface area contributed by atoms with E-state index >= 15 is 0 Å². The molecule has 1 aliphatic rings. The third-order valence-corrected chi connectivity index (χ3v) is 4.95. The molecule has 134 valence electrons. The summed E-state index contributed by atoms with van der Waals surface area (Å²) >= 11 is 0. The van der Waals surface area contributed by atoms with Gasteiger partial charge >= 0.3 is 0 Å². The van der Waals surface area contributed by atoms with Crippen LogP contribution in [0.3, 0.4) is 0 Å². The lowest BCUT2D eigenvalue weighted by molar-refractivity contribution is 0.198. The number of anilines is 2. The Balaban J connectivity index is 1.82. The molecule has 0 radical (unpaired) electrons. The topological polar surface area (TPSA) is 108 Å². The number of hydrogen-bond acceptors (Lipinski definition) is 7. The molecule has 0 amide bonds. The van der Waals surface area contributed by atoms with Crippen molar-refractivity contribution in [3.63, 3.8) is 0 Å². The van der Waals surface area contributed by atoms with Crippen molar-refractivity contribution < 1.29 is 10.2 Å². The molecule has 0 bridgehead atoms. The molecule has 2 aromatic heterocycles. The summed E-state index contributed by atoms with van der Waals surface area (Å²) in [6.07, 6.45) is 2.10. The van der Waals surface area contributed by atoms with E-state index in [1.165, 1.54) is 0 Å². The summed E-state index contributed by atoms with van der Waals surface area (Å²) in [6, 6.07) is 5.37. The van der Waals surface area contributed by atoms with E-state index in [4.69, 9.17) is 5.73 Å². The van der Waals surface area contributed by atoms with E-state index < -0.39 is 0 Å². The molecule has 7 nitrogen and oxygen atoms in total. The van der Waals surface area contributed by atoms with Crippen molar-refractivity contribution in [3.8, 4) is 17.1 Å². The number of aliphatic hydroxyl groups is 1. The van der Waals surface area contributed by atoms with Crippen molar-refractivity contribution in [3.05, 3.63) is 35.5 Å². The lowest BCUT2D eigenvalue weighted by Gasteiger charge is -2.17. The number of aromatic hydroxyl groups is 1. The van der Waals surface area contributed by atoms with Crippen LogP contribution in [0.1, 0.15) is 17.5 Å². The third kappa shape index (κ3) is 2.70. The molecule has 1 aliphatic heterocycles. The number of fused-ring (bicyclic) bond motifs is 1. The number of rotatable bonds is 2. The summed E-state index contributed by atoms with van der Waals surface area (Å²) in [6.45, 7) is 5.12. The predicted octanol–water partition coefficient (Wildman–Crippen LogP) is 2.17. The summed E-state index contributed by atoms with van der Waals surface area (Å²) in [4.78, 5) is 15.6. The van der Waals surface area contributed by atoms with Gasteiger partial charge in [-0.3, -0.25) is 0 Å². The van der Waals surface area contributed by atoms with Crippen LogP contribution in [0.2, 0.25) is 0 Å². The zero-order valence-corrected chi connectivity index (χ0v) is 14.8. The smallest absolute Gasteiger partial charge is 0.162 e. The molecule has 0 aliphatic carbocycles. The molecule has 4 N–H and O–H groups in total. The maximum absolute atomic E-state index is 10.0. The van der Waals surface area contributed by atoms with Crippen molar-refractivity contribution in [2.24, 2.45) is 0 Å². The van der Waals surface area contributed by atoms with Gasteiger partial charge in [0.15, 0.2) is 5.82 Å². The Morgan fingerprint density at radius 2 is 2.04 bits per heavy atom. The molecule has 4 rings (SSSR count). The standard InChI is InChI=1S/C19H21N5O2/c1-10-3-4-15(26)11(2)17(10)19-22-14-8-21-16(7-13(14)18(20)23-19)24-6-5-12(25)9-24/h3-4,7-8,12,25-26H,5-6,9H2,1-2H3,(H2,20,22,23)/t12-/m1/s1. The van der Waals surface area contributed by atoms with Crippen LogP contribution in [0.4, 0.5) is 11.6 Å². The second kappa shape index (κ2) is 6.10. The third-order valence-electron chi connectivity index (χ3n) is 4.95. The lowest BCUT2D eigenvalue weighted by Crippen LogP contribution is -2.22. The van der Waals surface area contributed by atoms with Gasteiger partial charge in [-0.25, -0.2) is 15.0 Å². The Morgan fingerprint density at radius 1 is 1.23 bits per heavy atom. The Kier molecular flexibility index (Phi) is 3.88. The number of hydrogen-bond donors (Lipinski definition) is 3. The molecular weight excluding hydrogens is 330 g/mol. The van der Waals surface area contributed by atoms with E-state index in [9.17, 15) is 10.2 Å². The van der Waals surface area contributed by atoms with Gasteiger partial charge < -0.3 is 20.8 Å². The number of benzene rings is 1. The molecule has 1 saturated heterocycles. The number of phenols is 1. The van der Waals surface area contributed by atoms with Crippen molar-refractivity contribution in [2.45, 2.75) is 26.4 Å². The second-order valence-electron chi connectivity index (χ2n) is 6.78. The normalized spacial score (nSPS) is 17.2. The minimum absolute atomic E-state index is 0.203. The molecule has 0 saturated carbocycles. The second-order valence-corrected chi connectivity index (χ2v) is 6.78. The SMILES string of the molecule is Cc1ccc(O)c(C)c1-c1nc(N)c2cc(N3CC[C@@H](O)C3)ncc2n1. The van der Waals surface area contributed by atoms with Crippen LogP contribution in [0.25, 0.3) is 22.3 Å². The molecule has 0 spiro atoms. The Morgan fingerprint density at radius 3 is 2.77 bits per heavy atom. The van der Waals surface area contributed by atoms with Gasteiger partial charge in [-0.05, 0) is 38.0 Å². The van der Waals surface area contributed by atoms with E-state index in [1.54, 1.807) is 12.3 Å². The highest BCUT2D eigenvalue weighted by Crippen LogP contribution is 2.33. The van der Waals surface area contributed by atoms with Crippen LogP contribution in [-0.4, -0.2) is 44.4 Å². The van der Waals surface area contributed by atoms with Gasteiger partial charge in [-0.2, -0.15) is 0 Å². The summed E-state index contributed by atoms with van der Waals surface area (Å²) in [7, 11) is 0. The Hall–Kier alpha value is -2.93. The van der Waals surface area contributed by atoms with Gasteiger partial charge in [0, 0.05) is 29.6 Å². The quantitative estimate of drug-likeness (QED) is 0.649. The van der Waals surface area contributed by atoms with Crippen molar-refractivity contribution in [1.29, 1.82) is 0 Å². The average Bonchev–Trinajstić information content (AvgIpc) is 3.05. The van der Waals surface area contributed by atoms with Crippen LogP contribution in [0, 0.1) is 13.8 Å². The average molecular weight is 351 g/mol. The lowest BCUT2D eigenvalue weighted by atomic mass is 10.0. The molecular formula is C19H21N5O2. The Bertz CT molecular complexity index is 1000. The highest BCUT2D eigenvalue weighted by Gasteiger charge is 2.22. The van der Waals surface area contributed by atoms with Crippen molar-refractivity contribution >= 4 is 22.5 Å². The Labute approximate surface area is 151 Å². The molecule has 3 aromatic rings. The van der Waals surface area contributed by atoms with Crippen molar-refractivity contribution in [1.82, 2.24) is 15.0 Å². The predicted molar refractivity (Wildman–Crippen MR) is 101 cm³/mol. The number of aryl methyl sites for hydroxylation is 1. The summed E-state index contributed by atoms with van der Waals surface area (Å²) in [5, 5.41) is 20.5. The largest absolute Gasteiger partial charge is 0.508 e. The van der Waals surface area contributed by atoms with E-state index in [2.05, 4.69) is 15.0 Å². The van der Waals surface area contributed by atoms with E-state index in [-0.39, 0.29) is 11.9 Å². The number of aromatic nitrogens is 3. The first kappa shape index (κ1) is 16.5. The van der Waals surface area contributed by atoms with Gasteiger partial charge in [0.25, 0.3) is 0 Å². The van der Waals surface area contributed by atoms with Gasteiger partial charge in [-0.15, -0.1) is 0 Å². The highest BCUT2D eigenvalue weighted by molar-refractivity contribution is 5.91. The summed E-state index contributed by atoms with van der Waals surface area (Å²) < 4.78 is 0. The minimum Gasteiger partial charge on any atom is -0.508 e. The number of pyridine rings is 1. The first-order valence-corrected chi connectivity index (χ1v) is 8.60. The molecule has 3 heterocycles. The summed E-state index contributed by atoms with van der Waals surface area (Å²) in [5.74, 6) is 1.82. The molecule has 1 atom stereocenters. The maximum atomic E-state index is 10.0. The highest BCUT2D eigenvalue weighted by atomic mass is 16.3. The van der Waals surface area contributed by atoms with Gasteiger partial charge in [0.2, 0.25) is 0 Å². The van der Waals surface area contributed by atoms with Crippen LogP contribution in [0.5, 0.6) is 5.75 Å². The van der Waals surface area contributed by atoms with Crippen LogP contribution in [-0.2, 0) is 0 Å². The number of nitrogen functional groups attached to an aromatic ring is 1. The van der Waals surface area contributed by atoms with Crippen LogP contribution in [0.15, 0.2) is 24.4 Å². The first-order valence-electron chi connectivity index (χ1n) is 8.60. The fourth-order valence-electron chi connectivity index (χ4n) is 3.46. The van der Waals surface area contributed by atoms with E-state index in [0.29, 0.717) is 23.7 Å². The minimum atomic E-state index is -0.319. The van der Waals surface area contributed by atoms with Crippen LogP contribution < -0.4 is 10.6 Å². The first-order chi connectivity index (χ1) is 12.4. The van der Waals surface area contributed by atoms with Gasteiger partial charge in [0.1, 0.15) is 17.4 Å². The van der Waals surface area contributed by atoms with E-state index in [0.717, 1.165) is 40.9 Å². The van der Waals surface area contributed by atoms with Crippen molar-refractivity contribution in [2.75, 3.05) is 23.7 Å². The molecule has 7 heteroatoms. The fraction of sp³-hybridized carbons (Fsp3) is 0.316. The molecule has 0 unspecified atom stereocenters. The van der Waals surface area contributed by atoms with Gasteiger partial charge in [0.05, 0.1) is 17.8 Å². The van der Waals surface area contributed by atoms with E-state index in [1.807, 2.05) is 30.9 Å².